The molecular formula is C24H25N5O3. The molecule has 164 valence electrons. The van der Waals surface area contributed by atoms with Gasteiger partial charge >= 0.3 is 0 Å². The Morgan fingerprint density at radius 3 is 2.56 bits per heavy atom. The summed E-state index contributed by atoms with van der Waals surface area (Å²) >= 11 is 0. The quantitative estimate of drug-likeness (QED) is 0.662. The topological polar surface area (TPSA) is 111 Å². The van der Waals surface area contributed by atoms with Gasteiger partial charge < -0.3 is 15.4 Å². The van der Waals surface area contributed by atoms with E-state index < -0.39 is 11.5 Å². The summed E-state index contributed by atoms with van der Waals surface area (Å²) in [4.78, 5) is 39.8. The molecule has 1 aromatic carbocycles. The molecule has 1 atom stereocenters. The van der Waals surface area contributed by atoms with Gasteiger partial charge in [0.25, 0.3) is 11.8 Å². The monoisotopic (exact) mass is 431 g/mol. The van der Waals surface area contributed by atoms with Crippen LogP contribution in [0.1, 0.15) is 27.4 Å². The molecule has 0 saturated carbocycles. The second-order valence-electron chi connectivity index (χ2n) is 7.97. The van der Waals surface area contributed by atoms with E-state index >= 15 is 0 Å². The van der Waals surface area contributed by atoms with Gasteiger partial charge in [-0.05, 0) is 36.6 Å². The number of ether oxygens (including phenoxy) is 1. The Bertz CT molecular complexity index is 1130. The highest BCUT2D eigenvalue weighted by molar-refractivity contribution is 5.96. The first-order valence-electron chi connectivity index (χ1n) is 10.4. The number of carbonyl (C=O) groups excluding carboxylic acids is 2. The van der Waals surface area contributed by atoms with Crippen LogP contribution in [0.25, 0.3) is 11.1 Å². The standard InChI is InChI=1S/C24H25N5O3/c1-16-21(14-27-17(2)28-16)22(30)29-10-11-32-24(15-29,23(25)31)12-18-5-7-19(8-6-18)20-4-3-9-26-13-20/h3-9,13-14H,10-12,15H2,1-2H3,(H2,25,31)/t24-/m1/s1. The highest BCUT2D eigenvalue weighted by atomic mass is 16.5. The molecule has 1 aliphatic heterocycles. The molecule has 32 heavy (non-hydrogen) atoms. The maximum absolute atomic E-state index is 13.1. The molecule has 1 fully saturated rings. The number of morpholine rings is 1. The van der Waals surface area contributed by atoms with Crippen molar-refractivity contribution in [2.24, 2.45) is 5.73 Å². The minimum atomic E-state index is -1.30. The van der Waals surface area contributed by atoms with Crippen molar-refractivity contribution in [3.63, 3.8) is 0 Å². The van der Waals surface area contributed by atoms with Gasteiger partial charge in [-0.1, -0.05) is 30.3 Å². The van der Waals surface area contributed by atoms with Crippen molar-refractivity contribution < 1.29 is 14.3 Å². The average molecular weight is 431 g/mol. The molecule has 0 aliphatic carbocycles. The summed E-state index contributed by atoms with van der Waals surface area (Å²) in [6.45, 7) is 4.19. The second-order valence-corrected chi connectivity index (χ2v) is 7.97. The van der Waals surface area contributed by atoms with Crippen molar-refractivity contribution in [1.29, 1.82) is 0 Å². The maximum atomic E-state index is 13.1. The van der Waals surface area contributed by atoms with Crippen molar-refractivity contribution in [2.45, 2.75) is 25.9 Å². The zero-order valence-corrected chi connectivity index (χ0v) is 18.1. The zero-order valence-electron chi connectivity index (χ0n) is 18.1. The summed E-state index contributed by atoms with van der Waals surface area (Å²) in [5.74, 6) is -0.228. The van der Waals surface area contributed by atoms with Crippen molar-refractivity contribution in [2.75, 3.05) is 19.7 Å². The predicted octanol–water partition coefficient (Wildman–Crippen LogP) is 2.09. The molecule has 8 nitrogen and oxygen atoms in total. The summed E-state index contributed by atoms with van der Waals surface area (Å²) in [5.41, 5.74) is 8.41. The van der Waals surface area contributed by atoms with Crippen molar-refractivity contribution in [1.82, 2.24) is 19.9 Å². The molecule has 2 amide bonds. The summed E-state index contributed by atoms with van der Waals surface area (Å²) in [6.07, 6.45) is 5.32. The molecular weight excluding hydrogens is 406 g/mol. The van der Waals surface area contributed by atoms with E-state index in [1.165, 1.54) is 6.20 Å². The van der Waals surface area contributed by atoms with E-state index in [1.807, 2.05) is 36.4 Å². The summed E-state index contributed by atoms with van der Waals surface area (Å²) < 4.78 is 5.90. The molecule has 3 aromatic rings. The fraction of sp³-hybridized carbons (Fsp3) is 0.292. The summed E-state index contributed by atoms with van der Waals surface area (Å²) in [6, 6.07) is 11.7. The third-order valence-electron chi connectivity index (χ3n) is 5.69. The molecule has 1 saturated heterocycles. The number of primary amides is 1. The number of nitrogens with two attached hydrogens (primary N) is 1. The first-order valence-corrected chi connectivity index (χ1v) is 10.4. The Hall–Kier alpha value is -3.65. The first kappa shape index (κ1) is 21.6. The number of nitrogens with zero attached hydrogens (tertiary/aromatic N) is 4. The van der Waals surface area contributed by atoms with Gasteiger partial charge in [0.05, 0.1) is 24.4 Å². The van der Waals surface area contributed by atoms with Crippen LogP contribution >= 0.6 is 0 Å². The Labute approximate surface area is 186 Å². The molecule has 3 heterocycles. The lowest BCUT2D eigenvalue weighted by atomic mass is 9.90. The van der Waals surface area contributed by atoms with Crippen molar-refractivity contribution in [3.05, 3.63) is 77.6 Å². The van der Waals surface area contributed by atoms with Crippen LogP contribution in [0.2, 0.25) is 0 Å². The van der Waals surface area contributed by atoms with Crippen LogP contribution < -0.4 is 5.73 Å². The molecule has 0 bridgehead atoms. The minimum Gasteiger partial charge on any atom is -0.367 e. The van der Waals surface area contributed by atoms with E-state index in [-0.39, 0.29) is 25.5 Å². The van der Waals surface area contributed by atoms with Crippen molar-refractivity contribution in [3.8, 4) is 11.1 Å². The number of hydrogen-bond donors (Lipinski definition) is 1. The van der Waals surface area contributed by atoms with E-state index in [9.17, 15) is 9.59 Å². The molecule has 2 N–H and O–H groups in total. The van der Waals surface area contributed by atoms with Gasteiger partial charge in [-0.25, -0.2) is 9.97 Å². The van der Waals surface area contributed by atoms with Gasteiger partial charge in [-0.3, -0.25) is 14.6 Å². The highest BCUT2D eigenvalue weighted by Crippen LogP contribution is 2.26. The number of amides is 2. The predicted molar refractivity (Wildman–Crippen MR) is 119 cm³/mol. The molecule has 4 rings (SSSR count). The number of pyridine rings is 1. The van der Waals surface area contributed by atoms with E-state index in [0.717, 1.165) is 16.7 Å². The Kier molecular flexibility index (Phi) is 5.96. The van der Waals surface area contributed by atoms with Gasteiger partial charge in [0, 0.05) is 31.6 Å². The third kappa shape index (κ3) is 4.36. The number of carbonyl (C=O) groups is 2. The largest absolute Gasteiger partial charge is 0.367 e. The molecule has 0 spiro atoms. The summed E-state index contributed by atoms with van der Waals surface area (Å²) in [5, 5.41) is 0. The Morgan fingerprint density at radius 1 is 1.12 bits per heavy atom. The molecule has 0 radical (unpaired) electrons. The van der Waals surface area contributed by atoms with Gasteiger partial charge in [0.15, 0.2) is 5.60 Å². The van der Waals surface area contributed by atoms with Crippen LogP contribution in [-0.2, 0) is 16.0 Å². The Morgan fingerprint density at radius 2 is 1.91 bits per heavy atom. The lowest BCUT2D eigenvalue weighted by Crippen LogP contribution is -2.61. The van der Waals surface area contributed by atoms with E-state index in [4.69, 9.17) is 10.5 Å². The first-order chi connectivity index (χ1) is 15.4. The summed E-state index contributed by atoms with van der Waals surface area (Å²) in [7, 11) is 0. The number of hydrogen-bond acceptors (Lipinski definition) is 6. The van der Waals surface area contributed by atoms with E-state index in [2.05, 4.69) is 15.0 Å². The highest BCUT2D eigenvalue weighted by Gasteiger charge is 2.44. The van der Waals surface area contributed by atoms with Crippen LogP contribution in [0.3, 0.4) is 0 Å². The molecule has 1 aliphatic rings. The molecule has 8 heteroatoms. The van der Waals surface area contributed by atoms with Crippen LogP contribution in [0.15, 0.2) is 55.0 Å². The zero-order chi connectivity index (χ0) is 22.7. The fourth-order valence-electron chi connectivity index (χ4n) is 3.94. The van der Waals surface area contributed by atoms with Gasteiger partial charge in [0.2, 0.25) is 0 Å². The van der Waals surface area contributed by atoms with Gasteiger partial charge in [-0.2, -0.15) is 0 Å². The fourth-order valence-corrected chi connectivity index (χ4v) is 3.94. The van der Waals surface area contributed by atoms with Crippen molar-refractivity contribution >= 4 is 11.8 Å². The SMILES string of the molecule is Cc1ncc(C(=O)N2CCO[C@@](Cc3ccc(-c4cccnc4)cc3)(C(N)=O)C2)c(C)n1. The minimum absolute atomic E-state index is 0.0683. The maximum Gasteiger partial charge on any atom is 0.257 e. The number of aromatic nitrogens is 3. The van der Waals surface area contributed by atoms with Crippen LogP contribution in [0.4, 0.5) is 0 Å². The number of aryl methyl sites for hydroxylation is 2. The number of benzene rings is 1. The smallest absolute Gasteiger partial charge is 0.257 e. The molecule has 2 aromatic heterocycles. The lowest BCUT2D eigenvalue weighted by Gasteiger charge is -2.40. The van der Waals surface area contributed by atoms with Gasteiger partial charge in [0.1, 0.15) is 5.82 Å². The lowest BCUT2D eigenvalue weighted by molar-refractivity contribution is -0.153. The third-order valence-corrected chi connectivity index (χ3v) is 5.69. The number of rotatable bonds is 5. The Balaban J connectivity index is 1.55. The van der Waals surface area contributed by atoms with E-state index in [1.54, 1.807) is 31.1 Å². The second kappa shape index (κ2) is 8.84. The average Bonchev–Trinajstić information content (AvgIpc) is 2.80. The van der Waals surface area contributed by atoms with Gasteiger partial charge in [-0.15, -0.1) is 0 Å². The van der Waals surface area contributed by atoms with Crippen LogP contribution in [0.5, 0.6) is 0 Å². The van der Waals surface area contributed by atoms with Crippen LogP contribution in [0, 0.1) is 13.8 Å². The normalized spacial score (nSPS) is 18.4. The molecule has 0 unspecified atom stereocenters. The van der Waals surface area contributed by atoms with E-state index in [0.29, 0.717) is 23.6 Å². The van der Waals surface area contributed by atoms with Crippen LogP contribution in [-0.4, -0.2) is 57.0 Å².